The van der Waals surface area contributed by atoms with Crippen molar-refractivity contribution in [1.29, 1.82) is 0 Å². The number of aliphatic imine (C=N–C) groups is 1. The van der Waals surface area contributed by atoms with Crippen molar-refractivity contribution in [2.24, 2.45) is 12.0 Å². The van der Waals surface area contributed by atoms with E-state index in [-0.39, 0.29) is 0 Å². The third-order valence-corrected chi connectivity index (χ3v) is 4.12. The molecule has 3 rings (SSSR count). The van der Waals surface area contributed by atoms with Crippen LogP contribution in [0.15, 0.2) is 41.8 Å². The molecule has 0 aliphatic rings. The molecule has 0 bridgehead atoms. The number of nitrogens with zero attached hydrogens (tertiary/aromatic N) is 4. The molecule has 3 aromatic rings. The standard InChI is InChI=1S/C18H25N7/c1-3-19-18(22-12-17-23-13-24-25(17)2)20-10-6-7-14-11-21-16-9-5-4-8-15(14)16/h4-5,8-9,11,13,21H,3,6-7,10,12H2,1-2H3,(H2,19,20,22). The second-order valence-corrected chi connectivity index (χ2v) is 5.88. The van der Waals surface area contributed by atoms with Crippen LogP contribution >= 0.6 is 0 Å². The Morgan fingerprint density at radius 3 is 2.96 bits per heavy atom. The van der Waals surface area contributed by atoms with E-state index in [0.717, 1.165) is 37.7 Å². The SMILES string of the molecule is CCNC(=NCc1ncnn1C)NCCCc1c[nH]c2ccccc12. The van der Waals surface area contributed by atoms with Gasteiger partial charge >= 0.3 is 0 Å². The number of aromatic amines is 1. The van der Waals surface area contributed by atoms with E-state index in [4.69, 9.17) is 0 Å². The Labute approximate surface area is 147 Å². The average Bonchev–Trinajstić information content (AvgIpc) is 3.22. The zero-order valence-corrected chi connectivity index (χ0v) is 14.8. The van der Waals surface area contributed by atoms with E-state index < -0.39 is 0 Å². The quantitative estimate of drug-likeness (QED) is 0.349. The summed E-state index contributed by atoms with van der Waals surface area (Å²) in [4.78, 5) is 12.1. The predicted molar refractivity (Wildman–Crippen MR) is 100 cm³/mol. The predicted octanol–water partition coefficient (Wildman–Crippen LogP) is 1.98. The lowest BCUT2D eigenvalue weighted by molar-refractivity contribution is 0.694. The summed E-state index contributed by atoms with van der Waals surface area (Å²) in [5, 5.41) is 12.0. The minimum Gasteiger partial charge on any atom is -0.361 e. The van der Waals surface area contributed by atoms with Crippen LogP contribution in [0.2, 0.25) is 0 Å². The van der Waals surface area contributed by atoms with Gasteiger partial charge in [0.1, 0.15) is 18.7 Å². The van der Waals surface area contributed by atoms with Crippen molar-refractivity contribution in [2.45, 2.75) is 26.3 Å². The van der Waals surface area contributed by atoms with Crippen LogP contribution in [-0.4, -0.2) is 38.8 Å². The van der Waals surface area contributed by atoms with E-state index in [2.05, 4.69) is 68.1 Å². The number of guanidine groups is 1. The van der Waals surface area contributed by atoms with Crippen molar-refractivity contribution < 1.29 is 0 Å². The molecule has 0 spiro atoms. The summed E-state index contributed by atoms with van der Waals surface area (Å²) in [5.74, 6) is 1.65. The van der Waals surface area contributed by atoms with E-state index in [1.165, 1.54) is 16.5 Å². The lowest BCUT2D eigenvalue weighted by Gasteiger charge is -2.11. The Morgan fingerprint density at radius 2 is 2.16 bits per heavy atom. The fraction of sp³-hybridized carbons (Fsp3) is 0.389. The lowest BCUT2D eigenvalue weighted by atomic mass is 10.1. The van der Waals surface area contributed by atoms with Gasteiger partial charge in [-0.15, -0.1) is 0 Å². The van der Waals surface area contributed by atoms with E-state index in [1.54, 1.807) is 11.0 Å². The topological polar surface area (TPSA) is 82.9 Å². The Kier molecular flexibility index (Phi) is 5.66. The molecule has 0 aliphatic carbocycles. The highest BCUT2D eigenvalue weighted by Crippen LogP contribution is 2.18. The molecule has 7 heteroatoms. The highest BCUT2D eigenvalue weighted by atomic mass is 15.3. The molecule has 1 aromatic carbocycles. The molecule has 25 heavy (non-hydrogen) atoms. The van der Waals surface area contributed by atoms with E-state index in [9.17, 15) is 0 Å². The van der Waals surface area contributed by atoms with Gasteiger partial charge in [-0.3, -0.25) is 4.68 Å². The molecule has 132 valence electrons. The van der Waals surface area contributed by atoms with Gasteiger partial charge in [0.2, 0.25) is 0 Å². The molecule has 0 saturated carbocycles. The summed E-state index contributed by atoms with van der Waals surface area (Å²) in [5.41, 5.74) is 2.56. The fourth-order valence-electron chi connectivity index (χ4n) is 2.78. The molecular formula is C18H25N7. The molecule has 3 N–H and O–H groups in total. The summed E-state index contributed by atoms with van der Waals surface area (Å²) in [6.07, 6.45) is 5.72. The van der Waals surface area contributed by atoms with Crippen LogP contribution in [0.3, 0.4) is 0 Å². The zero-order chi connectivity index (χ0) is 17.5. The molecular weight excluding hydrogens is 314 g/mol. The second kappa shape index (κ2) is 8.32. The van der Waals surface area contributed by atoms with Gasteiger partial charge in [0.05, 0.1) is 0 Å². The third kappa shape index (κ3) is 4.37. The Morgan fingerprint density at radius 1 is 1.28 bits per heavy atom. The maximum atomic E-state index is 4.57. The smallest absolute Gasteiger partial charge is 0.191 e. The largest absolute Gasteiger partial charge is 0.361 e. The monoisotopic (exact) mass is 339 g/mol. The molecule has 0 fully saturated rings. The maximum Gasteiger partial charge on any atom is 0.191 e. The van der Waals surface area contributed by atoms with Crippen LogP contribution in [-0.2, 0) is 20.0 Å². The van der Waals surface area contributed by atoms with Crippen LogP contribution in [0, 0.1) is 0 Å². The van der Waals surface area contributed by atoms with Gasteiger partial charge in [0, 0.05) is 37.2 Å². The first-order valence-electron chi connectivity index (χ1n) is 8.68. The summed E-state index contributed by atoms with van der Waals surface area (Å²) >= 11 is 0. The molecule has 0 unspecified atom stereocenters. The van der Waals surface area contributed by atoms with Crippen molar-refractivity contribution in [2.75, 3.05) is 13.1 Å². The number of fused-ring (bicyclic) bond motifs is 1. The second-order valence-electron chi connectivity index (χ2n) is 5.88. The van der Waals surface area contributed by atoms with E-state index in [0.29, 0.717) is 6.54 Å². The van der Waals surface area contributed by atoms with Gasteiger partial charge in [0.15, 0.2) is 5.96 Å². The maximum absolute atomic E-state index is 4.57. The lowest BCUT2D eigenvalue weighted by Crippen LogP contribution is -2.37. The molecule has 2 aromatic heterocycles. The number of rotatable bonds is 7. The Balaban J connectivity index is 1.50. The minimum atomic E-state index is 0.508. The number of para-hydroxylation sites is 1. The van der Waals surface area contributed by atoms with Gasteiger partial charge in [-0.2, -0.15) is 5.10 Å². The van der Waals surface area contributed by atoms with Gasteiger partial charge in [-0.05, 0) is 31.4 Å². The average molecular weight is 339 g/mol. The Hall–Kier alpha value is -2.83. The van der Waals surface area contributed by atoms with Crippen molar-refractivity contribution in [1.82, 2.24) is 30.4 Å². The zero-order valence-electron chi connectivity index (χ0n) is 14.8. The molecule has 2 heterocycles. The fourth-order valence-corrected chi connectivity index (χ4v) is 2.78. The number of hydrogen-bond donors (Lipinski definition) is 3. The number of nitrogens with one attached hydrogen (secondary N) is 3. The molecule has 0 saturated heterocycles. The van der Waals surface area contributed by atoms with Crippen LogP contribution in [0.4, 0.5) is 0 Å². The van der Waals surface area contributed by atoms with Crippen LogP contribution in [0.25, 0.3) is 10.9 Å². The van der Waals surface area contributed by atoms with E-state index in [1.807, 2.05) is 7.05 Å². The van der Waals surface area contributed by atoms with Crippen molar-refractivity contribution >= 4 is 16.9 Å². The molecule has 0 radical (unpaired) electrons. The molecule has 0 aliphatic heterocycles. The third-order valence-electron chi connectivity index (χ3n) is 4.12. The van der Waals surface area contributed by atoms with Gasteiger partial charge in [-0.25, -0.2) is 9.98 Å². The number of aryl methyl sites for hydroxylation is 2. The molecule has 7 nitrogen and oxygen atoms in total. The first-order chi connectivity index (χ1) is 12.3. The normalized spacial score (nSPS) is 11.8. The summed E-state index contributed by atoms with van der Waals surface area (Å²) in [6.45, 7) is 4.26. The number of aromatic nitrogens is 4. The number of H-pyrrole nitrogens is 1. The molecule has 0 amide bonds. The van der Waals surface area contributed by atoms with Gasteiger partial charge in [0.25, 0.3) is 0 Å². The number of hydrogen-bond acceptors (Lipinski definition) is 3. The highest BCUT2D eigenvalue weighted by Gasteiger charge is 2.04. The highest BCUT2D eigenvalue weighted by molar-refractivity contribution is 5.83. The summed E-state index contributed by atoms with van der Waals surface area (Å²) < 4.78 is 1.74. The first kappa shape index (κ1) is 17.0. The van der Waals surface area contributed by atoms with Crippen LogP contribution in [0.5, 0.6) is 0 Å². The van der Waals surface area contributed by atoms with Crippen molar-refractivity contribution in [3.63, 3.8) is 0 Å². The van der Waals surface area contributed by atoms with Gasteiger partial charge < -0.3 is 15.6 Å². The summed E-state index contributed by atoms with van der Waals surface area (Å²) in [7, 11) is 1.87. The molecule has 0 atom stereocenters. The van der Waals surface area contributed by atoms with Crippen molar-refractivity contribution in [3.05, 3.63) is 48.2 Å². The van der Waals surface area contributed by atoms with Crippen LogP contribution < -0.4 is 10.6 Å². The Bertz CT molecular complexity index is 831. The van der Waals surface area contributed by atoms with Gasteiger partial charge in [-0.1, -0.05) is 18.2 Å². The van der Waals surface area contributed by atoms with Crippen LogP contribution in [0.1, 0.15) is 24.7 Å². The first-order valence-corrected chi connectivity index (χ1v) is 8.68. The minimum absolute atomic E-state index is 0.508. The number of benzene rings is 1. The van der Waals surface area contributed by atoms with E-state index >= 15 is 0 Å². The summed E-state index contributed by atoms with van der Waals surface area (Å²) in [6, 6.07) is 8.42. The van der Waals surface area contributed by atoms with Crippen molar-refractivity contribution in [3.8, 4) is 0 Å².